The van der Waals surface area contributed by atoms with Crippen LogP contribution in [0.5, 0.6) is 0 Å². The minimum absolute atomic E-state index is 0.0103. The lowest BCUT2D eigenvalue weighted by atomic mass is 9.74. The minimum atomic E-state index is -0.0103. The largest absolute Gasteiger partial charge is 0.381 e. The summed E-state index contributed by atoms with van der Waals surface area (Å²) < 4.78 is 5.72. The SMILES string of the molecule is S=C(NCC1(c2ccccc2)CCOCC1)Nc1nc(N2CCCCCC2)cc(N2CCN(c3ccccc3)CC2)n1. The molecule has 3 saturated heterocycles. The van der Waals surface area contributed by atoms with Crippen LogP contribution in [0.4, 0.5) is 23.3 Å². The Balaban J connectivity index is 1.17. The van der Waals surface area contributed by atoms with Gasteiger partial charge in [-0.05, 0) is 55.6 Å². The Hall–Kier alpha value is -3.43. The normalized spacial score (nSPS) is 19.2. The second-order valence-electron chi connectivity index (χ2n) is 11.7. The van der Waals surface area contributed by atoms with Crippen molar-refractivity contribution in [2.24, 2.45) is 0 Å². The summed E-state index contributed by atoms with van der Waals surface area (Å²) in [6.45, 7) is 8.07. The van der Waals surface area contributed by atoms with Crippen LogP contribution in [0.3, 0.4) is 0 Å². The molecule has 6 rings (SSSR count). The first kappa shape index (κ1) is 28.7. The highest BCUT2D eigenvalue weighted by Crippen LogP contribution is 2.34. The molecule has 9 heteroatoms. The van der Waals surface area contributed by atoms with Gasteiger partial charge in [0.25, 0.3) is 0 Å². The van der Waals surface area contributed by atoms with Crippen molar-refractivity contribution in [1.29, 1.82) is 0 Å². The maximum Gasteiger partial charge on any atom is 0.232 e. The highest BCUT2D eigenvalue weighted by Gasteiger charge is 2.34. The van der Waals surface area contributed by atoms with Gasteiger partial charge in [-0.15, -0.1) is 0 Å². The number of thiocarbonyl (C=S) groups is 1. The summed E-state index contributed by atoms with van der Waals surface area (Å²) in [5.74, 6) is 2.52. The molecule has 0 unspecified atom stereocenters. The van der Waals surface area contributed by atoms with Gasteiger partial charge in [0.15, 0.2) is 5.11 Å². The predicted molar refractivity (Wildman–Crippen MR) is 176 cm³/mol. The van der Waals surface area contributed by atoms with Crippen LogP contribution >= 0.6 is 12.2 Å². The van der Waals surface area contributed by atoms with Gasteiger partial charge in [0.05, 0.1) is 0 Å². The number of benzene rings is 2. The van der Waals surface area contributed by atoms with Gasteiger partial charge in [0, 0.05) is 76.2 Å². The summed E-state index contributed by atoms with van der Waals surface area (Å²) in [7, 11) is 0. The van der Waals surface area contributed by atoms with Gasteiger partial charge in [0.1, 0.15) is 11.6 Å². The van der Waals surface area contributed by atoms with Crippen LogP contribution in [0.15, 0.2) is 66.7 Å². The van der Waals surface area contributed by atoms with Crippen LogP contribution in [0.1, 0.15) is 44.1 Å². The molecule has 3 aromatic rings. The number of aromatic nitrogens is 2. The molecule has 3 aliphatic heterocycles. The molecule has 0 amide bonds. The van der Waals surface area contributed by atoms with E-state index in [0.717, 1.165) is 83.5 Å². The molecule has 0 atom stereocenters. The molecule has 222 valence electrons. The van der Waals surface area contributed by atoms with Gasteiger partial charge in [-0.1, -0.05) is 61.4 Å². The van der Waals surface area contributed by atoms with Crippen LogP contribution in [-0.4, -0.2) is 74.1 Å². The number of hydrogen-bond donors (Lipinski definition) is 2. The first-order valence-electron chi connectivity index (χ1n) is 15.6. The summed E-state index contributed by atoms with van der Waals surface area (Å²) in [5, 5.41) is 7.45. The van der Waals surface area contributed by atoms with Crippen molar-refractivity contribution in [2.75, 3.05) is 79.0 Å². The van der Waals surface area contributed by atoms with Crippen molar-refractivity contribution < 1.29 is 4.74 Å². The molecule has 0 saturated carbocycles. The van der Waals surface area contributed by atoms with Crippen molar-refractivity contribution in [1.82, 2.24) is 15.3 Å². The molecular weight excluding hydrogens is 542 g/mol. The summed E-state index contributed by atoms with van der Waals surface area (Å²) in [6.07, 6.45) is 6.89. The summed E-state index contributed by atoms with van der Waals surface area (Å²) in [4.78, 5) is 17.2. The fourth-order valence-electron chi connectivity index (χ4n) is 6.45. The van der Waals surface area contributed by atoms with E-state index in [1.807, 2.05) is 0 Å². The van der Waals surface area contributed by atoms with E-state index in [1.165, 1.54) is 36.9 Å². The number of nitrogens with one attached hydrogen (secondary N) is 2. The third-order valence-corrected chi connectivity index (χ3v) is 9.25. The lowest BCUT2D eigenvalue weighted by molar-refractivity contribution is 0.0515. The Morgan fingerprint density at radius 3 is 1.95 bits per heavy atom. The Kier molecular flexibility index (Phi) is 9.35. The highest BCUT2D eigenvalue weighted by molar-refractivity contribution is 7.80. The molecule has 42 heavy (non-hydrogen) atoms. The van der Waals surface area contributed by atoms with E-state index in [1.54, 1.807) is 0 Å². The zero-order chi connectivity index (χ0) is 28.6. The predicted octanol–water partition coefficient (Wildman–Crippen LogP) is 5.22. The zero-order valence-electron chi connectivity index (χ0n) is 24.5. The van der Waals surface area contributed by atoms with Crippen molar-refractivity contribution in [2.45, 2.75) is 43.9 Å². The standard InChI is InChI=1S/C33H43N7OS/c42-32(34-26-33(15-23-41-24-16-33)27-11-5-3-6-12-27)37-31-35-29(39-17-9-1-2-10-18-39)25-30(36-31)40-21-19-38(20-22-40)28-13-7-4-8-14-28/h3-8,11-14,25H,1-2,9-10,15-24,26H2,(H2,34,35,36,37,42). The summed E-state index contributed by atoms with van der Waals surface area (Å²) in [5.41, 5.74) is 2.60. The maximum atomic E-state index is 5.83. The van der Waals surface area contributed by atoms with Crippen molar-refractivity contribution in [3.8, 4) is 0 Å². The van der Waals surface area contributed by atoms with Gasteiger partial charge in [-0.2, -0.15) is 9.97 Å². The lowest BCUT2D eigenvalue weighted by Gasteiger charge is -2.38. The van der Waals surface area contributed by atoms with Gasteiger partial charge >= 0.3 is 0 Å². The second-order valence-corrected chi connectivity index (χ2v) is 12.1. The molecule has 0 bridgehead atoms. The zero-order valence-corrected chi connectivity index (χ0v) is 25.3. The van der Waals surface area contributed by atoms with Gasteiger partial charge in [-0.3, -0.25) is 0 Å². The number of anilines is 4. The molecule has 3 aliphatic rings. The smallest absolute Gasteiger partial charge is 0.232 e. The van der Waals surface area contributed by atoms with Crippen LogP contribution < -0.4 is 25.3 Å². The van der Waals surface area contributed by atoms with Crippen molar-refractivity contribution in [3.63, 3.8) is 0 Å². The molecular formula is C33H43N7OS. The second kappa shape index (κ2) is 13.7. The lowest BCUT2D eigenvalue weighted by Crippen LogP contribution is -2.47. The van der Waals surface area contributed by atoms with Crippen LogP contribution in [0.25, 0.3) is 0 Å². The average molecular weight is 586 g/mol. The monoisotopic (exact) mass is 585 g/mol. The third-order valence-electron chi connectivity index (χ3n) is 9.00. The molecule has 3 fully saturated rings. The Morgan fingerprint density at radius 2 is 1.31 bits per heavy atom. The van der Waals surface area contributed by atoms with Crippen molar-refractivity contribution in [3.05, 3.63) is 72.3 Å². The van der Waals surface area contributed by atoms with E-state index in [0.29, 0.717) is 11.1 Å². The highest BCUT2D eigenvalue weighted by atomic mass is 32.1. The first-order valence-corrected chi connectivity index (χ1v) is 16.0. The van der Waals surface area contributed by atoms with E-state index in [4.69, 9.17) is 26.9 Å². The number of nitrogens with zero attached hydrogens (tertiary/aromatic N) is 5. The van der Waals surface area contributed by atoms with E-state index < -0.39 is 0 Å². The summed E-state index contributed by atoms with van der Waals surface area (Å²) >= 11 is 5.83. The van der Waals surface area contributed by atoms with Crippen LogP contribution in [0.2, 0.25) is 0 Å². The van der Waals surface area contributed by atoms with E-state index >= 15 is 0 Å². The first-order chi connectivity index (χ1) is 20.7. The average Bonchev–Trinajstić information content (AvgIpc) is 3.35. The minimum Gasteiger partial charge on any atom is -0.381 e. The number of ether oxygens (including phenoxy) is 1. The molecule has 8 nitrogen and oxygen atoms in total. The molecule has 0 spiro atoms. The molecule has 1 aromatic heterocycles. The van der Waals surface area contributed by atoms with Gasteiger partial charge < -0.3 is 30.1 Å². The van der Waals surface area contributed by atoms with E-state index in [9.17, 15) is 0 Å². The number of para-hydroxylation sites is 1. The van der Waals surface area contributed by atoms with E-state index in [2.05, 4.69) is 92.1 Å². The van der Waals surface area contributed by atoms with Crippen LogP contribution in [-0.2, 0) is 10.2 Å². The Labute approximate surface area is 255 Å². The van der Waals surface area contributed by atoms with Crippen molar-refractivity contribution >= 4 is 40.6 Å². The number of rotatable bonds is 7. The van der Waals surface area contributed by atoms with Gasteiger partial charge in [-0.25, -0.2) is 0 Å². The fraction of sp³-hybridized carbons (Fsp3) is 0.485. The fourth-order valence-corrected chi connectivity index (χ4v) is 6.61. The quantitative estimate of drug-likeness (QED) is 0.364. The molecule has 2 aromatic carbocycles. The van der Waals surface area contributed by atoms with Crippen LogP contribution in [0, 0.1) is 0 Å². The number of piperazine rings is 1. The third kappa shape index (κ3) is 6.95. The molecule has 2 N–H and O–H groups in total. The summed E-state index contributed by atoms with van der Waals surface area (Å²) in [6, 6.07) is 23.6. The Bertz CT molecular complexity index is 1290. The molecule has 4 heterocycles. The maximum absolute atomic E-state index is 5.83. The van der Waals surface area contributed by atoms with E-state index in [-0.39, 0.29) is 5.41 Å². The molecule has 0 aliphatic carbocycles. The molecule has 0 radical (unpaired) electrons. The number of hydrogen-bond acceptors (Lipinski definition) is 7. The van der Waals surface area contributed by atoms with Gasteiger partial charge in [0.2, 0.25) is 5.95 Å². The Morgan fingerprint density at radius 1 is 0.738 bits per heavy atom. The topological polar surface area (TPSA) is 68.8 Å².